The molecule has 0 aliphatic carbocycles. The van der Waals surface area contributed by atoms with E-state index in [-0.39, 0.29) is 6.54 Å². The van der Waals surface area contributed by atoms with Crippen LogP contribution in [0.5, 0.6) is 0 Å². The lowest BCUT2D eigenvalue weighted by molar-refractivity contribution is -0.137. The first-order valence-corrected chi connectivity index (χ1v) is 4.77. The maximum absolute atomic E-state index is 12.6. The van der Waals surface area contributed by atoms with E-state index >= 15 is 0 Å². The molecule has 0 saturated heterocycles. The van der Waals surface area contributed by atoms with Crippen molar-refractivity contribution in [1.82, 2.24) is 14.8 Å². The third kappa shape index (κ3) is 2.28. The first kappa shape index (κ1) is 11.6. The van der Waals surface area contributed by atoms with Gasteiger partial charge >= 0.3 is 6.18 Å². The molecule has 0 amide bonds. The summed E-state index contributed by atoms with van der Waals surface area (Å²) in [4.78, 5) is 3.70. The summed E-state index contributed by atoms with van der Waals surface area (Å²) in [5, 5.41) is 3.80. The van der Waals surface area contributed by atoms with Gasteiger partial charge in [0.05, 0.1) is 11.3 Å². The Kier molecular flexibility index (Phi) is 2.84. The SMILES string of the molecule is NCc1ccc(C(F)(F)F)cc1-n1cncn1. The minimum atomic E-state index is -4.39. The predicted octanol–water partition coefficient (Wildman–Crippen LogP) is 1.74. The highest BCUT2D eigenvalue weighted by molar-refractivity contribution is 5.44. The minimum absolute atomic E-state index is 0.132. The summed E-state index contributed by atoms with van der Waals surface area (Å²) in [6, 6.07) is 3.36. The molecule has 17 heavy (non-hydrogen) atoms. The molecule has 0 fully saturated rings. The number of aromatic nitrogens is 3. The average molecular weight is 242 g/mol. The van der Waals surface area contributed by atoms with Crippen LogP contribution in [0.4, 0.5) is 13.2 Å². The summed E-state index contributed by atoms with van der Waals surface area (Å²) in [5.41, 5.74) is 5.60. The van der Waals surface area contributed by atoms with Crippen LogP contribution in [0.25, 0.3) is 5.69 Å². The van der Waals surface area contributed by atoms with Crippen molar-refractivity contribution in [3.8, 4) is 5.69 Å². The zero-order valence-corrected chi connectivity index (χ0v) is 8.65. The Morgan fingerprint density at radius 1 is 1.29 bits per heavy atom. The summed E-state index contributed by atoms with van der Waals surface area (Å²) in [7, 11) is 0. The molecule has 0 bridgehead atoms. The second-order valence-corrected chi connectivity index (χ2v) is 3.39. The van der Waals surface area contributed by atoms with Crippen LogP contribution in [0.1, 0.15) is 11.1 Å². The van der Waals surface area contributed by atoms with Gasteiger partial charge in [0.1, 0.15) is 12.7 Å². The molecule has 90 valence electrons. The quantitative estimate of drug-likeness (QED) is 0.872. The number of hydrogen-bond acceptors (Lipinski definition) is 3. The number of hydrogen-bond donors (Lipinski definition) is 1. The first-order chi connectivity index (χ1) is 8.02. The summed E-state index contributed by atoms with van der Waals surface area (Å²) in [5.74, 6) is 0. The molecule has 2 aromatic rings. The number of rotatable bonds is 2. The van der Waals surface area contributed by atoms with Crippen LogP contribution in [0.2, 0.25) is 0 Å². The van der Waals surface area contributed by atoms with Gasteiger partial charge in [0.25, 0.3) is 0 Å². The Balaban J connectivity index is 2.55. The fourth-order valence-electron chi connectivity index (χ4n) is 1.46. The molecular formula is C10H9F3N4. The molecule has 0 aliphatic heterocycles. The van der Waals surface area contributed by atoms with Crippen LogP contribution >= 0.6 is 0 Å². The van der Waals surface area contributed by atoms with Gasteiger partial charge in [0.15, 0.2) is 0 Å². The Labute approximate surface area is 94.9 Å². The van der Waals surface area contributed by atoms with E-state index in [4.69, 9.17) is 5.73 Å². The monoisotopic (exact) mass is 242 g/mol. The van der Waals surface area contributed by atoms with Gasteiger partial charge in [0, 0.05) is 6.54 Å². The van der Waals surface area contributed by atoms with Crippen molar-refractivity contribution in [3.05, 3.63) is 42.0 Å². The van der Waals surface area contributed by atoms with Gasteiger partial charge in [-0.3, -0.25) is 0 Å². The predicted molar refractivity (Wildman–Crippen MR) is 54.3 cm³/mol. The van der Waals surface area contributed by atoms with Crippen LogP contribution < -0.4 is 5.73 Å². The van der Waals surface area contributed by atoms with Crippen molar-refractivity contribution in [1.29, 1.82) is 0 Å². The van der Waals surface area contributed by atoms with E-state index in [1.807, 2.05) is 0 Å². The largest absolute Gasteiger partial charge is 0.416 e. The van der Waals surface area contributed by atoms with Crippen molar-refractivity contribution < 1.29 is 13.2 Å². The number of nitrogens with two attached hydrogens (primary N) is 1. The van der Waals surface area contributed by atoms with Crippen LogP contribution in [0.3, 0.4) is 0 Å². The molecule has 1 aromatic carbocycles. The number of halogens is 3. The van der Waals surface area contributed by atoms with Crippen molar-refractivity contribution >= 4 is 0 Å². The molecular weight excluding hydrogens is 233 g/mol. The Morgan fingerprint density at radius 2 is 2.06 bits per heavy atom. The smallest absolute Gasteiger partial charge is 0.326 e. The molecule has 0 atom stereocenters. The molecule has 1 heterocycles. The normalized spacial score (nSPS) is 11.8. The van der Waals surface area contributed by atoms with Gasteiger partial charge in [-0.15, -0.1) is 0 Å². The molecule has 4 nitrogen and oxygen atoms in total. The maximum atomic E-state index is 12.6. The second kappa shape index (κ2) is 4.17. The van der Waals surface area contributed by atoms with E-state index in [2.05, 4.69) is 10.1 Å². The highest BCUT2D eigenvalue weighted by Crippen LogP contribution is 2.31. The summed E-state index contributed by atoms with van der Waals surface area (Å²) in [6.07, 6.45) is -1.81. The first-order valence-electron chi connectivity index (χ1n) is 4.77. The minimum Gasteiger partial charge on any atom is -0.326 e. The molecule has 0 radical (unpaired) electrons. The Morgan fingerprint density at radius 3 is 2.59 bits per heavy atom. The van der Waals surface area contributed by atoms with Gasteiger partial charge in [-0.05, 0) is 17.7 Å². The third-order valence-corrected chi connectivity index (χ3v) is 2.30. The van der Waals surface area contributed by atoms with Gasteiger partial charge in [-0.1, -0.05) is 6.07 Å². The molecule has 0 saturated carbocycles. The highest BCUT2D eigenvalue weighted by atomic mass is 19.4. The van der Waals surface area contributed by atoms with Crippen LogP contribution in [-0.4, -0.2) is 14.8 Å². The van der Waals surface area contributed by atoms with E-state index in [1.54, 1.807) is 0 Å². The van der Waals surface area contributed by atoms with Crippen molar-refractivity contribution in [2.45, 2.75) is 12.7 Å². The maximum Gasteiger partial charge on any atom is 0.416 e. The van der Waals surface area contributed by atoms with E-state index in [0.29, 0.717) is 11.3 Å². The highest BCUT2D eigenvalue weighted by Gasteiger charge is 2.31. The molecule has 0 spiro atoms. The molecule has 7 heteroatoms. The fourth-order valence-corrected chi connectivity index (χ4v) is 1.46. The van der Waals surface area contributed by atoms with Crippen molar-refractivity contribution in [3.63, 3.8) is 0 Å². The Bertz CT molecular complexity index is 505. The van der Waals surface area contributed by atoms with E-state index < -0.39 is 11.7 Å². The second-order valence-electron chi connectivity index (χ2n) is 3.39. The van der Waals surface area contributed by atoms with Gasteiger partial charge in [-0.2, -0.15) is 18.3 Å². The third-order valence-electron chi connectivity index (χ3n) is 2.30. The zero-order valence-electron chi connectivity index (χ0n) is 8.65. The molecule has 0 unspecified atom stereocenters. The number of benzene rings is 1. The van der Waals surface area contributed by atoms with Crippen molar-refractivity contribution in [2.24, 2.45) is 5.73 Å². The molecule has 0 aliphatic rings. The van der Waals surface area contributed by atoms with Crippen LogP contribution in [-0.2, 0) is 12.7 Å². The molecule has 1 aromatic heterocycles. The lowest BCUT2D eigenvalue weighted by Crippen LogP contribution is -2.10. The van der Waals surface area contributed by atoms with Crippen LogP contribution in [0.15, 0.2) is 30.9 Å². The van der Waals surface area contributed by atoms with Gasteiger partial charge in [-0.25, -0.2) is 9.67 Å². The van der Waals surface area contributed by atoms with Crippen LogP contribution in [0, 0.1) is 0 Å². The van der Waals surface area contributed by atoms with E-state index in [1.165, 1.54) is 23.4 Å². The van der Waals surface area contributed by atoms with Gasteiger partial charge < -0.3 is 5.73 Å². The standard InChI is InChI=1S/C10H9F3N4/c11-10(12,13)8-2-1-7(4-14)9(3-8)17-6-15-5-16-17/h1-3,5-6H,4,14H2. The number of nitrogens with zero attached hydrogens (tertiary/aromatic N) is 3. The number of alkyl halides is 3. The topological polar surface area (TPSA) is 56.7 Å². The van der Waals surface area contributed by atoms with Crippen molar-refractivity contribution in [2.75, 3.05) is 0 Å². The summed E-state index contributed by atoms with van der Waals surface area (Å²) in [6.45, 7) is 0.132. The lowest BCUT2D eigenvalue weighted by Gasteiger charge is -2.12. The summed E-state index contributed by atoms with van der Waals surface area (Å²) >= 11 is 0. The van der Waals surface area contributed by atoms with Gasteiger partial charge in [0.2, 0.25) is 0 Å². The fraction of sp³-hybridized carbons (Fsp3) is 0.200. The summed E-state index contributed by atoms with van der Waals surface area (Å²) < 4.78 is 39.0. The zero-order chi connectivity index (χ0) is 12.5. The van der Waals surface area contributed by atoms with E-state index in [9.17, 15) is 13.2 Å². The average Bonchev–Trinajstić information content (AvgIpc) is 2.80. The lowest BCUT2D eigenvalue weighted by atomic mass is 10.1. The molecule has 2 N–H and O–H groups in total. The molecule has 2 rings (SSSR count). The van der Waals surface area contributed by atoms with E-state index in [0.717, 1.165) is 12.1 Å². The Hall–Kier alpha value is -1.89.